The van der Waals surface area contributed by atoms with Crippen molar-refractivity contribution in [2.45, 2.75) is 13.8 Å². The Morgan fingerprint density at radius 2 is 1.81 bits per heavy atom. The van der Waals surface area contributed by atoms with Crippen LogP contribution in [-0.4, -0.2) is 31.3 Å². The minimum absolute atomic E-state index is 0.491. The molecule has 2 heteroatoms. The summed E-state index contributed by atoms with van der Waals surface area (Å²) >= 11 is 0. The molecule has 2 nitrogen and oxygen atoms in total. The molecule has 1 aromatic carbocycles. The number of rotatable bonds is 5. The minimum atomic E-state index is 0.491. The van der Waals surface area contributed by atoms with Crippen LogP contribution in [0, 0.1) is 11.8 Å². The van der Waals surface area contributed by atoms with Gasteiger partial charge < -0.3 is 4.74 Å². The molecule has 0 aliphatic carbocycles. The van der Waals surface area contributed by atoms with Crippen LogP contribution >= 0.6 is 0 Å². The van der Waals surface area contributed by atoms with Crippen LogP contribution in [0.2, 0.25) is 0 Å². The third kappa shape index (κ3) is 4.97. The summed E-state index contributed by atoms with van der Waals surface area (Å²) in [4.78, 5) is 2.21. The molecular weight excluding hydrogens is 198 g/mol. The van der Waals surface area contributed by atoms with Crippen molar-refractivity contribution < 1.29 is 4.74 Å². The summed E-state index contributed by atoms with van der Waals surface area (Å²) in [6, 6.07) is 9.96. The van der Waals surface area contributed by atoms with Crippen LogP contribution in [0.25, 0.3) is 0 Å². The fourth-order valence-electron chi connectivity index (χ4n) is 1.29. The van der Waals surface area contributed by atoms with Gasteiger partial charge in [-0.3, -0.25) is 4.90 Å². The molecule has 0 N–H and O–H groups in total. The van der Waals surface area contributed by atoms with E-state index in [4.69, 9.17) is 4.74 Å². The van der Waals surface area contributed by atoms with Gasteiger partial charge in [-0.1, -0.05) is 43.9 Å². The third-order valence-electron chi connectivity index (χ3n) is 2.35. The van der Waals surface area contributed by atoms with Crippen molar-refractivity contribution in [1.82, 2.24) is 4.90 Å². The van der Waals surface area contributed by atoms with Crippen molar-refractivity contribution in [3.05, 3.63) is 35.9 Å². The quantitative estimate of drug-likeness (QED) is 0.426. The second-order valence-electron chi connectivity index (χ2n) is 3.45. The lowest BCUT2D eigenvalue weighted by molar-refractivity contribution is 0.0529. The first-order valence-electron chi connectivity index (χ1n) is 5.70. The van der Waals surface area contributed by atoms with E-state index in [1.54, 1.807) is 0 Å². The molecule has 0 aromatic heterocycles. The molecule has 0 heterocycles. The van der Waals surface area contributed by atoms with E-state index in [-0.39, 0.29) is 0 Å². The Bertz CT molecular complexity index is 333. The Hall–Kier alpha value is -1.30. The maximum Gasteiger partial charge on any atom is 0.109 e. The molecular formula is C14H19NO. The highest BCUT2D eigenvalue weighted by Crippen LogP contribution is 1.94. The average Bonchev–Trinajstić information content (AvgIpc) is 2.35. The lowest BCUT2D eigenvalue weighted by atomic mass is 10.2. The van der Waals surface area contributed by atoms with E-state index in [9.17, 15) is 0 Å². The Morgan fingerprint density at radius 3 is 2.44 bits per heavy atom. The van der Waals surface area contributed by atoms with Crippen LogP contribution in [0.15, 0.2) is 30.3 Å². The van der Waals surface area contributed by atoms with Crippen molar-refractivity contribution >= 4 is 0 Å². The molecule has 16 heavy (non-hydrogen) atoms. The molecule has 1 rings (SSSR count). The lowest BCUT2D eigenvalue weighted by Crippen LogP contribution is -2.25. The molecule has 1 aromatic rings. The molecule has 0 unspecified atom stereocenters. The highest BCUT2D eigenvalue weighted by molar-refractivity contribution is 5.33. The van der Waals surface area contributed by atoms with E-state index in [1.807, 2.05) is 30.3 Å². The first-order valence-corrected chi connectivity index (χ1v) is 5.70. The third-order valence-corrected chi connectivity index (χ3v) is 2.35. The van der Waals surface area contributed by atoms with Gasteiger partial charge >= 0.3 is 0 Å². The zero-order valence-corrected chi connectivity index (χ0v) is 10.1. The zero-order chi connectivity index (χ0) is 11.6. The first-order chi connectivity index (χ1) is 7.86. The van der Waals surface area contributed by atoms with Crippen LogP contribution < -0.4 is 0 Å². The van der Waals surface area contributed by atoms with Gasteiger partial charge in [-0.2, -0.15) is 0 Å². The van der Waals surface area contributed by atoms with Gasteiger partial charge in [0.1, 0.15) is 13.3 Å². The fourth-order valence-corrected chi connectivity index (χ4v) is 1.29. The number of ether oxygens (including phenoxy) is 1. The molecule has 0 saturated carbocycles. The van der Waals surface area contributed by atoms with Gasteiger partial charge in [0.2, 0.25) is 0 Å². The monoisotopic (exact) mass is 217 g/mol. The Kier molecular flexibility index (Phi) is 6.32. The van der Waals surface area contributed by atoms with Crippen molar-refractivity contribution in [3.8, 4) is 11.8 Å². The molecule has 0 aliphatic heterocycles. The molecule has 0 amide bonds. The van der Waals surface area contributed by atoms with Gasteiger partial charge in [-0.25, -0.2) is 0 Å². The zero-order valence-electron chi connectivity index (χ0n) is 10.1. The highest BCUT2D eigenvalue weighted by atomic mass is 16.5. The van der Waals surface area contributed by atoms with Gasteiger partial charge in [0.15, 0.2) is 0 Å². The van der Waals surface area contributed by atoms with Crippen molar-refractivity contribution in [2.75, 3.05) is 26.4 Å². The van der Waals surface area contributed by atoms with Crippen molar-refractivity contribution in [2.24, 2.45) is 0 Å². The lowest BCUT2D eigenvalue weighted by Gasteiger charge is -2.16. The highest BCUT2D eigenvalue weighted by Gasteiger charge is 1.95. The summed E-state index contributed by atoms with van der Waals surface area (Å²) in [6.07, 6.45) is 0. The number of hydrogen-bond donors (Lipinski definition) is 0. The van der Waals surface area contributed by atoms with E-state index in [0.29, 0.717) is 13.3 Å². The SMILES string of the molecule is CCN(CC)COCC#Cc1ccccc1. The summed E-state index contributed by atoms with van der Waals surface area (Å²) in [6.45, 7) is 7.44. The summed E-state index contributed by atoms with van der Waals surface area (Å²) in [5.74, 6) is 6.07. The predicted molar refractivity (Wildman–Crippen MR) is 67.1 cm³/mol. The summed E-state index contributed by atoms with van der Waals surface area (Å²) in [5.41, 5.74) is 1.04. The fraction of sp³-hybridized carbons (Fsp3) is 0.429. The van der Waals surface area contributed by atoms with Crippen LogP contribution in [0.3, 0.4) is 0 Å². The number of hydrogen-bond acceptors (Lipinski definition) is 2. The molecule has 86 valence electrons. The van der Waals surface area contributed by atoms with Crippen molar-refractivity contribution in [1.29, 1.82) is 0 Å². The largest absolute Gasteiger partial charge is 0.353 e. The maximum atomic E-state index is 5.45. The summed E-state index contributed by atoms with van der Waals surface area (Å²) in [7, 11) is 0. The Labute approximate surface area is 98.2 Å². The van der Waals surface area contributed by atoms with E-state index < -0.39 is 0 Å². The van der Waals surface area contributed by atoms with Gasteiger partial charge in [0.05, 0.1) is 0 Å². The first kappa shape index (κ1) is 12.8. The van der Waals surface area contributed by atoms with Crippen LogP contribution in [0.1, 0.15) is 19.4 Å². The topological polar surface area (TPSA) is 12.5 Å². The van der Waals surface area contributed by atoms with Gasteiger partial charge in [-0.05, 0) is 25.2 Å². The van der Waals surface area contributed by atoms with E-state index in [1.165, 1.54) is 0 Å². The average molecular weight is 217 g/mol. The maximum absolute atomic E-state index is 5.45. The second-order valence-corrected chi connectivity index (χ2v) is 3.45. The molecule has 0 radical (unpaired) electrons. The molecule has 0 bridgehead atoms. The Balaban J connectivity index is 2.23. The molecule has 0 fully saturated rings. The predicted octanol–water partition coefficient (Wildman–Crippen LogP) is 2.35. The molecule has 0 saturated heterocycles. The summed E-state index contributed by atoms with van der Waals surface area (Å²) in [5, 5.41) is 0. The standard InChI is InChI=1S/C14H19NO/c1-3-15(4-2)13-16-12-8-11-14-9-6-5-7-10-14/h5-7,9-10H,3-4,12-13H2,1-2H3. The van der Waals surface area contributed by atoms with Gasteiger partial charge in [0, 0.05) is 5.56 Å². The van der Waals surface area contributed by atoms with Crippen molar-refractivity contribution in [3.63, 3.8) is 0 Å². The van der Waals surface area contributed by atoms with Gasteiger partial charge in [0.25, 0.3) is 0 Å². The number of benzene rings is 1. The van der Waals surface area contributed by atoms with Crippen LogP contribution in [-0.2, 0) is 4.74 Å². The molecule has 0 spiro atoms. The second kappa shape index (κ2) is 7.92. The summed E-state index contributed by atoms with van der Waals surface area (Å²) < 4.78 is 5.45. The van der Waals surface area contributed by atoms with E-state index in [0.717, 1.165) is 18.7 Å². The normalized spacial score (nSPS) is 9.94. The number of nitrogens with zero attached hydrogens (tertiary/aromatic N) is 1. The van der Waals surface area contributed by atoms with E-state index in [2.05, 4.69) is 30.6 Å². The Morgan fingerprint density at radius 1 is 1.12 bits per heavy atom. The molecule has 0 atom stereocenters. The smallest absolute Gasteiger partial charge is 0.109 e. The van der Waals surface area contributed by atoms with E-state index >= 15 is 0 Å². The minimum Gasteiger partial charge on any atom is -0.353 e. The van der Waals surface area contributed by atoms with Gasteiger partial charge in [-0.15, -0.1) is 0 Å². The molecule has 0 aliphatic rings. The van der Waals surface area contributed by atoms with Crippen LogP contribution in [0.5, 0.6) is 0 Å². The van der Waals surface area contributed by atoms with Crippen LogP contribution in [0.4, 0.5) is 0 Å².